The smallest absolute Gasteiger partial charge is 0.0752 e. The van der Waals surface area contributed by atoms with Crippen LogP contribution in [0.1, 0.15) is 48.0 Å². The van der Waals surface area contributed by atoms with Gasteiger partial charge in [0.25, 0.3) is 0 Å². The molecule has 108 valence electrons. The maximum atomic E-state index is 5.83. The lowest BCUT2D eigenvalue weighted by Crippen LogP contribution is -2.58. The predicted molar refractivity (Wildman–Crippen MR) is 78.0 cm³/mol. The van der Waals surface area contributed by atoms with Crippen LogP contribution in [-0.2, 0) is 4.74 Å². The summed E-state index contributed by atoms with van der Waals surface area (Å²) >= 11 is 0. The molecule has 1 aliphatic heterocycles. The third-order valence-corrected chi connectivity index (χ3v) is 3.66. The molecule has 0 aromatic heterocycles. The normalized spacial score (nSPS) is 26.8. The molecule has 1 fully saturated rings. The van der Waals surface area contributed by atoms with Gasteiger partial charge in [-0.15, -0.1) is 0 Å². The molecule has 2 atom stereocenters. The van der Waals surface area contributed by atoms with Crippen LogP contribution in [0.15, 0.2) is 0 Å². The average Bonchev–Trinajstić information content (AvgIpc) is 2.21. The molecule has 1 aliphatic rings. The van der Waals surface area contributed by atoms with Gasteiger partial charge in [-0.25, -0.2) is 0 Å². The molecule has 1 heterocycles. The van der Waals surface area contributed by atoms with Gasteiger partial charge in [0.15, 0.2) is 0 Å². The number of ether oxygens (including phenoxy) is 1. The van der Waals surface area contributed by atoms with Crippen LogP contribution in [0.2, 0.25) is 0 Å². The van der Waals surface area contributed by atoms with E-state index in [4.69, 9.17) is 4.74 Å². The van der Waals surface area contributed by atoms with Gasteiger partial charge in [-0.05, 0) is 40.0 Å². The second-order valence-corrected chi connectivity index (χ2v) is 6.71. The van der Waals surface area contributed by atoms with E-state index in [-0.39, 0.29) is 5.60 Å². The minimum absolute atomic E-state index is 0.0390. The Hall–Kier alpha value is -0.120. The third kappa shape index (κ3) is 5.25. The highest BCUT2D eigenvalue weighted by atomic mass is 16.5. The van der Waals surface area contributed by atoms with Crippen molar-refractivity contribution in [3.05, 3.63) is 0 Å². The first-order valence-corrected chi connectivity index (χ1v) is 7.45. The van der Waals surface area contributed by atoms with Crippen molar-refractivity contribution < 1.29 is 4.74 Å². The van der Waals surface area contributed by atoms with Crippen molar-refractivity contribution in [2.75, 3.05) is 26.2 Å². The van der Waals surface area contributed by atoms with E-state index in [9.17, 15) is 0 Å². The van der Waals surface area contributed by atoms with Gasteiger partial charge in [0.05, 0.1) is 5.60 Å². The second kappa shape index (κ2) is 6.88. The summed E-state index contributed by atoms with van der Waals surface area (Å²) in [5.41, 5.74) is -0.0390. The summed E-state index contributed by atoms with van der Waals surface area (Å²) in [7, 11) is 0. The van der Waals surface area contributed by atoms with Gasteiger partial charge in [0.1, 0.15) is 0 Å². The molecule has 18 heavy (non-hydrogen) atoms. The Labute approximate surface area is 113 Å². The maximum absolute atomic E-state index is 5.83. The SMILES string of the molecule is CCOC(C)(C)CN1CC(CC(C)C)NCC1C. The zero-order valence-corrected chi connectivity index (χ0v) is 13.1. The van der Waals surface area contributed by atoms with Crippen LogP contribution in [0.3, 0.4) is 0 Å². The molecular weight excluding hydrogens is 224 g/mol. The van der Waals surface area contributed by atoms with Crippen LogP contribution >= 0.6 is 0 Å². The predicted octanol–water partition coefficient (Wildman–Crippen LogP) is 2.51. The van der Waals surface area contributed by atoms with Gasteiger partial charge in [-0.1, -0.05) is 13.8 Å². The molecule has 0 bridgehead atoms. The quantitative estimate of drug-likeness (QED) is 0.790. The lowest BCUT2D eigenvalue weighted by atomic mass is 9.98. The van der Waals surface area contributed by atoms with Crippen molar-refractivity contribution in [1.82, 2.24) is 10.2 Å². The lowest BCUT2D eigenvalue weighted by Gasteiger charge is -2.42. The van der Waals surface area contributed by atoms with E-state index < -0.39 is 0 Å². The molecule has 1 N–H and O–H groups in total. The van der Waals surface area contributed by atoms with Crippen molar-refractivity contribution in [3.63, 3.8) is 0 Å². The summed E-state index contributed by atoms with van der Waals surface area (Å²) in [5.74, 6) is 0.762. The third-order valence-electron chi connectivity index (χ3n) is 3.66. The van der Waals surface area contributed by atoms with Crippen LogP contribution < -0.4 is 5.32 Å². The first kappa shape index (κ1) is 15.9. The van der Waals surface area contributed by atoms with Crippen LogP contribution in [0.4, 0.5) is 0 Å². The van der Waals surface area contributed by atoms with Gasteiger partial charge >= 0.3 is 0 Å². The fourth-order valence-corrected chi connectivity index (χ4v) is 2.87. The average molecular weight is 256 g/mol. The van der Waals surface area contributed by atoms with Gasteiger partial charge in [-0.3, -0.25) is 4.90 Å². The largest absolute Gasteiger partial charge is 0.375 e. The highest BCUT2D eigenvalue weighted by molar-refractivity contribution is 4.87. The molecule has 0 radical (unpaired) electrons. The van der Waals surface area contributed by atoms with Crippen LogP contribution in [0.5, 0.6) is 0 Å². The molecule has 2 unspecified atom stereocenters. The second-order valence-electron chi connectivity index (χ2n) is 6.71. The molecule has 3 heteroatoms. The Morgan fingerprint density at radius 2 is 2.06 bits per heavy atom. The minimum Gasteiger partial charge on any atom is -0.375 e. The molecule has 0 aromatic carbocycles. The Morgan fingerprint density at radius 3 is 2.61 bits per heavy atom. The van der Waals surface area contributed by atoms with Crippen LogP contribution in [0, 0.1) is 5.92 Å². The van der Waals surface area contributed by atoms with Crippen LogP contribution in [-0.4, -0.2) is 48.8 Å². The molecule has 0 spiro atoms. The summed E-state index contributed by atoms with van der Waals surface area (Å²) in [6.07, 6.45) is 1.26. The maximum Gasteiger partial charge on any atom is 0.0752 e. The molecule has 0 amide bonds. The van der Waals surface area contributed by atoms with E-state index in [2.05, 4.69) is 51.8 Å². The summed E-state index contributed by atoms with van der Waals surface area (Å²) in [6.45, 7) is 17.4. The number of nitrogens with one attached hydrogen (secondary N) is 1. The number of hydrogen-bond donors (Lipinski definition) is 1. The van der Waals surface area contributed by atoms with Gasteiger partial charge in [0.2, 0.25) is 0 Å². The highest BCUT2D eigenvalue weighted by Crippen LogP contribution is 2.18. The molecule has 1 rings (SSSR count). The van der Waals surface area contributed by atoms with Crippen molar-refractivity contribution in [3.8, 4) is 0 Å². The molecule has 1 saturated heterocycles. The van der Waals surface area contributed by atoms with E-state index >= 15 is 0 Å². The fraction of sp³-hybridized carbons (Fsp3) is 1.00. The van der Waals surface area contributed by atoms with E-state index in [1.807, 2.05) is 0 Å². The van der Waals surface area contributed by atoms with E-state index in [0.717, 1.165) is 32.2 Å². The minimum atomic E-state index is -0.0390. The topological polar surface area (TPSA) is 24.5 Å². The molecule has 0 aliphatic carbocycles. The monoisotopic (exact) mass is 256 g/mol. The molecule has 3 nitrogen and oxygen atoms in total. The zero-order chi connectivity index (χ0) is 13.8. The number of rotatable bonds is 6. The standard InChI is InChI=1S/C15H32N2O/c1-7-18-15(5,6)11-17-10-14(8-12(2)3)16-9-13(17)4/h12-14,16H,7-11H2,1-6H3. The Balaban J connectivity index is 2.51. The van der Waals surface area contributed by atoms with Crippen molar-refractivity contribution >= 4 is 0 Å². The van der Waals surface area contributed by atoms with E-state index in [1.54, 1.807) is 0 Å². The molecule has 0 aromatic rings. The Morgan fingerprint density at radius 1 is 1.39 bits per heavy atom. The summed E-state index contributed by atoms with van der Waals surface area (Å²) < 4.78 is 5.83. The Kier molecular flexibility index (Phi) is 6.09. The zero-order valence-electron chi connectivity index (χ0n) is 13.1. The first-order chi connectivity index (χ1) is 8.34. The fourth-order valence-electron chi connectivity index (χ4n) is 2.87. The first-order valence-electron chi connectivity index (χ1n) is 7.45. The van der Waals surface area contributed by atoms with Gasteiger partial charge in [0, 0.05) is 38.3 Å². The van der Waals surface area contributed by atoms with Gasteiger partial charge in [-0.2, -0.15) is 0 Å². The number of nitrogens with zero attached hydrogens (tertiary/aromatic N) is 1. The van der Waals surface area contributed by atoms with Crippen molar-refractivity contribution in [2.45, 2.75) is 65.6 Å². The van der Waals surface area contributed by atoms with E-state index in [0.29, 0.717) is 12.1 Å². The number of piperazine rings is 1. The lowest BCUT2D eigenvalue weighted by molar-refractivity contribution is -0.0476. The van der Waals surface area contributed by atoms with Crippen LogP contribution in [0.25, 0.3) is 0 Å². The highest BCUT2D eigenvalue weighted by Gasteiger charge is 2.30. The molecular formula is C15H32N2O. The number of hydrogen-bond acceptors (Lipinski definition) is 3. The summed E-state index contributed by atoms with van der Waals surface area (Å²) in [4.78, 5) is 2.58. The summed E-state index contributed by atoms with van der Waals surface area (Å²) in [6, 6.07) is 1.24. The van der Waals surface area contributed by atoms with Crippen molar-refractivity contribution in [1.29, 1.82) is 0 Å². The van der Waals surface area contributed by atoms with E-state index in [1.165, 1.54) is 6.42 Å². The molecule has 0 saturated carbocycles. The Bertz CT molecular complexity index is 241. The van der Waals surface area contributed by atoms with Crippen molar-refractivity contribution in [2.24, 2.45) is 5.92 Å². The van der Waals surface area contributed by atoms with Gasteiger partial charge < -0.3 is 10.1 Å². The summed E-state index contributed by atoms with van der Waals surface area (Å²) in [5, 5.41) is 3.67.